The van der Waals surface area contributed by atoms with Crippen molar-refractivity contribution in [2.75, 3.05) is 11.9 Å². The van der Waals surface area contributed by atoms with Crippen molar-refractivity contribution in [3.05, 3.63) is 29.8 Å². The first kappa shape index (κ1) is 15.0. The van der Waals surface area contributed by atoms with Crippen LogP contribution in [0.4, 0.5) is 5.69 Å². The van der Waals surface area contributed by atoms with E-state index >= 15 is 0 Å². The molecule has 1 atom stereocenters. The molecule has 4 N–H and O–H groups in total. The molecule has 5 heteroatoms. The van der Waals surface area contributed by atoms with Crippen molar-refractivity contribution in [1.29, 1.82) is 0 Å². The molecule has 1 unspecified atom stereocenters. The second-order valence-corrected chi connectivity index (χ2v) is 4.69. The quantitative estimate of drug-likeness (QED) is 0.670. The van der Waals surface area contributed by atoms with Crippen LogP contribution in [0.15, 0.2) is 24.3 Å². The molecule has 0 aliphatic heterocycles. The summed E-state index contributed by atoms with van der Waals surface area (Å²) in [7, 11) is 0. The average molecular weight is 264 g/mol. The Kier molecular flexibility index (Phi) is 5.85. The fraction of sp³-hybridized carbons (Fsp3) is 0.429. The van der Waals surface area contributed by atoms with Crippen LogP contribution in [0.25, 0.3) is 0 Å². The van der Waals surface area contributed by atoms with Gasteiger partial charge >= 0.3 is 5.97 Å². The molecule has 0 aliphatic rings. The normalized spacial score (nSPS) is 11.8. The lowest BCUT2D eigenvalue weighted by Crippen LogP contribution is -2.11. The molecule has 1 aromatic rings. The summed E-state index contributed by atoms with van der Waals surface area (Å²) in [5.41, 5.74) is 6.57. The van der Waals surface area contributed by atoms with Gasteiger partial charge in [-0.3, -0.25) is 9.59 Å². The molecule has 0 spiro atoms. The van der Waals surface area contributed by atoms with Gasteiger partial charge in [0.25, 0.3) is 0 Å². The van der Waals surface area contributed by atoms with E-state index in [9.17, 15) is 9.59 Å². The number of rotatable bonds is 8. The maximum absolute atomic E-state index is 10.9. The van der Waals surface area contributed by atoms with E-state index in [-0.39, 0.29) is 6.42 Å². The van der Waals surface area contributed by atoms with Gasteiger partial charge in [0, 0.05) is 24.2 Å². The van der Waals surface area contributed by atoms with Crippen molar-refractivity contribution < 1.29 is 14.7 Å². The predicted octanol–water partition coefficient (Wildman–Crippen LogP) is 2.09. The Morgan fingerprint density at radius 2 is 1.89 bits per heavy atom. The highest BCUT2D eigenvalue weighted by Crippen LogP contribution is 2.13. The summed E-state index contributed by atoms with van der Waals surface area (Å²) in [6, 6.07) is 6.97. The van der Waals surface area contributed by atoms with E-state index in [1.807, 2.05) is 19.1 Å². The highest BCUT2D eigenvalue weighted by Gasteiger charge is 2.05. The van der Waals surface area contributed by atoms with Crippen LogP contribution in [-0.2, 0) is 4.79 Å². The number of amides is 1. The number of aliphatic carboxylic acids is 1. The summed E-state index contributed by atoms with van der Waals surface area (Å²) in [5, 5.41) is 11.8. The number of primary amides is 1. The molecular weight excluding hydrogens is 244 g/mol. The number of hydrogen-bond donors (Lipinski definition) is 3. The number of carbonyl (C=O) groups excluding carboxylic acids is 1. The third kappa shape index (κ3) is 5.90. The number of nitrogens with one attached hydrogen (secondary N) is 1. The summed E-state index contributed by atoms with van der Waals surface area (Å²) in [5.74, 6) is -0.816. The second kappa shape index (κ2) is 7.41. The minimum Gasteiger partial charge on any atom is -0.481 e. The third-order valence-corrected chi connectivity index (χ3v) is 2.99. The Hall–Kier alpha value is -2.04. The predicted molar refractivity (Wildman–Crippen MR) is 74.1 cm³/mol. The highest BCUT2D eigenvalue weighted by atomic mass is 16.4. The molecule has 0 saturated heterocycles. The lowest BCUT2D eigenvalue weighted by Gasteiger charge is -2.11. The zero-order chi connectivity index (χ0) is 14.3. The number of carbonyl (C=O) groups is 2. The molecule has 0 aliphatic carbocycles. The van der Waals surface area contributed by atoms with Crippen molar-refractivity contribution in [1.82, 2.24) is 0 Å². The maximum atomic E-state index is 10.9. The number of benzene rings is 1. The topological polar surface area (TPSA) is 92.4 Å². The molecule has 1 aromatic carbocycles. The summed E-state index contributed by atoms with van der Waals surface area (Å²) in [6.07, 6.45) is 1.82. The van der Waals surface area contributed by atoms with Gasteiger partial charge in [0.05, 0.1) is 0 Å². The molecule has 0 aromatic heterocycles. The van der Waals surface area contributed by atoms with Gasteiger partial charge in [-0.1, -0.05) is 6.92 Å². The van der Waals surface area contributed by atoms with Crippen LogP contribution in [0.3, 0.4) is 0 Å². The maximum Gasteiger partial charge on any atom is 0.303 e. The highest BCUT2D eigenvalue weighted by molar-refractivity contribution is 5.93. The molecule has 0 heterocycles. The SMILES string of the molecule is CC(CCNc1ccc(C(N)=O)cc1)CCC(=O)O. The first-order valence-electron chi connectivity index (χ1n) is 6.34. The molecule has 104 valence electrons. The van der Waals surface area contributed by atoms with Crippen LogP contribution in [0.1, 0.15) is 36.5 Å². The largest absolute Gasteiger partial charge is 0.481 e. The van der Waals surface area contributed by atoms with Crippen LogP contribution in [0.2, 0.25) is 0 Å². The van der Waals surface area contributed by atoms with E-state index in [4.69, 9.17) is 10.8 Å². The molecule has 5 nitrogen and oxygen atoms in total. The minimum absolute atomic E-state index is 0.217. The van der Waals surface area contributed by atoms with Crippen LogP contribution in [0, 0.1) is 5.92 Å². The van der Waals surface area contributed by atoms with Crippen molar-refractivity contribution in [3.8, 4) is 0 Å². The van der Waals surface area contributed by atoms with E-state index in [2.05, 4.69) is 5.32 Å². The number of nitrogens with two attached hydrogens (primary N) is 1. The van der Waals surface area contributed by atoms with Crippen molar-refractivity contribution >= 4 is 17.6 Å². The Morgan fingerprint density at radius 3 is 2.42 bits per heavy atom. The molecule has 0 radical (unpaired) electrons. The fourth-order valence-corrected chi connectivity index (χ4v) is 1.73. The molecule has 1 amide bonds. The number of carboxylic acid groups (broad SMARTS) is 1. The van der Waals surface area contributed by atoms with E-state index in [1.165, 1.54) is 0 Å². The van der Waals surface area contributed by atoms with Crippen molar-refractivity contribution in [3.63, 3.8) is 0 Å². The lowest BCUT2D eigenvalue weighted by molar-refractivity contribution is -0.137. The molecule has 0 fully saturated rings. The lowest BCUT2D eigenvalue weighted by atomic mass is 10.0. The summed E-state index contributed by atoms with van der Waals surface area (Å²) in [4.78, 5) is 21.3. The summed E-state index contributed by atoms with van der Waals surface area (Å²) < 4.78 is 0. The van der Waals surface area contributed by atoms with Gasteiger partial charge in [0.1, 0.15) is 0 Å². The van der Waals surface area contributed by atoms with Gasteiger partial charge in [-0.25, -0.2) is 0 Å². The zero-order valence-electron chi connectivity index (χ0n) is 11.1. The average Bonchev–Trinajstić information content (AvgIpc) is 2.37. The smallest absolute Gasteiger partial charge is 0.303 e. The van der Waals surface area contributed by atoms with Crippen LogP contribution >= 0.6 is 0 Å². The molecule has 1 rings (SSSR count). The van der Waals surface area contributed by atoms with Gasteiger partial charge in [-0.05, 0) is 43.0 Å². The van der Waals surface area contributed by atoms with E-state index < -0.39 is 11.9 Å². The monoisotopic (exact) mass is 264 g/mol. The van der Waals surface area contributed by atoms with Crippen LogP contribution < -0.4 is 11.1 Å². The minimum atomic E-state index is -0.748. The van der Waals surface area contributed by atoms with Gasteiger partial charge in [-0.2, -0.15) is 0 Å². The number of anilines is 1. The van der Waals surface area contributed by atoms with E-state index in [1.54, 1.807) is 12.1 Å². The fourth-order valence-electron chi connectivity index (χ4n) is 1.73. The van der Waals surface area contributed by atoms with Crippen molar-refractivity contribution in [2.45, 2.75) is 26.2 Å². The first-order valence-corrected chi connectivity index (χ1v) is 6.34. The van der Waals surface area contributed by atoms with Gasteiger partial charge in [-0.15, -0.1) is 0 Å². The first-order chi connectivity index (χ1) is 8.99. The molecular formula is C14H20N2O3. The van der Waals surface area contributed by atoms with Crippen molar-refractivity contribution in [2.24, 2.45) is 11.7 Å². The zero-order valence-corrected chi connectivity index (χ0v) is 11.1. The number of hydrogen-bond acceptors (Lipinski definition) is 3. The molecule has 0 bridgehead atoms. The van der Waals surface area contributed by atoms with Crippen LogP contribution in [-0.4, -0.2) is 23.5 Å². The molecule has 19 heavy (non-hydrogen) atoms. The van der Waals surface area contributed by atoms with Gasteiger partial charge < -0.3 is 16.2 Å². The Balaban J connectivity index is 2.29. The Bertz CT molecular complexity index is 429. The molecule has 0 saturated carbocycles. The number of carboxylic acids is 1. The summed E-state index contributed by atoms with van der Waals surface area (Å²) >= 11 is 0. The Morgan fingerprint density at radius 1 is 1.26 bits per heavy atom. The Labute approximate surface area is 112 Å². The van der Waals surface area contributed by atoms with Crippen LogP contribution in [0.5, 0.6) is 0 Å². The van der Waals surface area contributed by atoms with E-state index in [0.29, 0.717) is 17.9 Å². The standard InChI is InChI=1S/C14H20N2O3/c1-10(2-7-13(17)18)8-9-16-12-5-3-11(4-6-12)14(15)19/h3-6,10,16H,2,7-9H2,1H3,(H2,15,19)(H,17,18). The summed E-state index contributed by atoms with van der Waals surface area (Å²) in [6.45, 7) is 2.82. The third-order valence-electron chi connectivity index (χ3n) is 2.99. The second-order valence-electron chi connectivity index (χ2n) is 4.69. The van der Waals surface area contributed by atoms with Gasteiger partial charge in [0.15, 0.2) is 0 Å². The van der Waals surface area contributed by atoms with E-state index in [0.717, 1.165) is 18.7 Å². The van der Waals surface area contributed by atoms with Gasteiger partial charge in [0.2, 0.25) is 5.91 Å².